The molecule has 1 heterocycles. The number of nitrogens with zero attached hydrogens (tertiary/aromatic N) is 1. The molecule has 0 aliphatic heterocycles. The number of anilines is 2. The summed E-state index contributed by atoms with van der Waals surface area (Å²) in [6.07, 6.45) is 1.33. The summed E-state index contributed by atoms with van der Waals surface area (Å²) in [7, 11) is 0. The van der Waals surface area contributed by atoms with E-state index in [1.165, 1.54) is 36.5 Å². The molecule has 5 nitrogen and oxygen atoms in total. The first-order chi connectivity index (χ1) is 12.5. The molecule has 0 fully saturated rings. The second-order valence-electron chi connectivity index (χ2n) is 5.30. The van der Waals surface area contributed by atoms with Crippen molar-refractivity contribution in [3.8, 4) is 0 Å². The molecular formula is C19H13ClFN3O2. The summed E-state index contributed by atoms with van der Waals surface area (Å²) >= 11 is 6.02. The first-order valence-corrected chi connectivity index (χ1v) is 8.00. The average molecular weight is 370 g/mol. The summed E-state index contributed by atoms with van der Waals surface area (Å²) < 4.78 is 13.6. The predicted octanol–water partition coefficient (Wildman–Crippen LogP) is 4.38. The number of aromatic nitrogens is 1. The number of halogens is 2. The Balaban J connectivity index is 1.77. The number of carbonyl (C=O) groups is 2. The summed E-state index contributed by atoms with van der Waals surface area (Å²) in [6.45, 7) is 0. The molecule has 2 amide bonds. The van der Waals surface area contributed by atoms with Crippen LogP contribution >= 0.6 is 11.6 Å². The Morgan fingerprint density at radius 2 is 1.54 bits per heavy atom. The molecule has 2 aromatic carbocycles. The quantitative estimate of drug-likeness (QED) is 0.717. The molecule has 7 heteroatoms. The van der Waals surface area contributed by atoms with Crippen molar-refractivity contribution in [2.45, 2.75) is 0 Å². The van der Waals surface area contributed by atoms with Gasteiger partial charge in [-0.2, -0.15) is 0 Å². The molecule has 0 radical (unpaired) electrons. The molecule has 0 aliphatic carbocycles. The van der Waals surface area contributed by atoms with E-state index in [1.54, 1.807) is 30.3 Å². The van der Waals surface area contributed by atoms with Crippen molar-refractivity contribution in [2.24, 2.45) is 0 Å². The lowest BCUT2D eigenvalue weighted by Crippen LogP contribution is -2.17. The standard InChI is InChI=1S/C19H13ClFN3O2/c20-13-5-1-3-7-15(13)23-18(25)12-9-10-22-17(11-12)19(26)24-16-8-4-2-6-14(16)21/h1-11H,(H,23,25)(H,24,26). The number of benzene rings is 2. The minimum absolute atomic E-state index is 0.0138. The summed E-state index contributed by atoms with van der Waals surface area (Å²) in [5, 5.41) is 5.48. The fourth-order valence-electron chi connectivity index (χ4n) is 2.20. The highest BCUT2D eigenvalue weighted by Crippen LogP contribution is 2.21. The first kappa shape index (κ1) is 17.6. The first-order valence-electron chi connectivity index (χ1n) is 7.62. The Bertz CT molecular complexity index is 904. The maximum absolute atomic E-state index is 13.6. The highest BCUT2D eigenvalue weighted by molar-refractivity contribution is 6.33. The summed E-state index contributed by atoms with van der Waals surface area (Å²) in [5.41, 5.74) is 0.692. The lowest BCUT2D eigenvalue weighted by molar-refractivity contribution is 0.102. The SMILES string of the molecule is O=C(Nc1ccccc1Cl)c1ccnc(C(=O)Nc2ccccc2F)c1. The summed E-state index contributed by atoms with van der Waals surface area (Å²) in [5.74, 6) is -1.63. The van der Waals surface area contributed by atoms with Gasteiger partial charge in [0.15, 0.2) is 0 Å². The van der Waals surface area contributed by atoms with Crippen LogP contribution in [0.4, 0.5) is 15.8 Å². The van der Waals surface area contributed by atoms with Gasteiger partial charge in [-0.15, -0.1) is 0 Å². The third kappa shape index (κ3) is 4.04. The highest BCUT2D eigenvalue weighted by Gasteiger charge is 2.14. The molecule has 2 N–H and O–H groups in total. The van der Waals surface area contributed by atoms with Crippen LogP contribution in [0.2, 0.25) is 5.02 Å². The maximum Gasteiger partial charge on any atom is 0.274 e. The normalized spacial score (nSPS) is 10.2. The third-order valence-corrected chi connectivity index (χ3v) is 3.83. The third-order valence-electron chi connectivity index (χ3n) is 3.50. The van der Waals surface area contributed by atoms with Crippen molar-refractivity contribution < 1.29 is 14.0 Å². The number of pyridine rings is 1. The molecule has 3 aromatic rings. The second-order valence-corrected chi connectivity index (χ2v) is 5.70. The lowest BCUT2D eigenvalue weighted by Gasteiger charge is -2.09. The number of hydrogen-bond donors (Lipinski definition) is 2. The Hall–Kier alpha value is -3.25. The van der Waals surface area contributed by atoms with Crippen molar-refractivity contribution in [1.29, 1.82) is 0 Å². The molecule has 0 saturated carbocycles. The van der Waals surface area contributed by atoms with Gasteiger partial charge in [0.1, 0.15) is 11.5 Å². The Morgan fingerprint density at radius 1 is 0.885 bits per heavy atom. The Labute approximate surface area is 153 Å². The van der Waals surface area contributed by atoms with Gasteiger partial charge in [0.2, 0.25) is 0 Å². The molecular weight excluding hydrogens is 357 g/mol. The van der Waals surface area contributed by atoms with E-state index < -0.39 is 17.6 Å². The van der Waals surface area contributed by atoms with Gasteiger partial charge in [-0.1, -0.05) is 35.9 Å². The number of amides is 2. The minimum atomic E-state index is -0.623. The van der Waals surface area contributed by atoms with Crippen molar-refractivity contribution in [2.75, 3.05) is 10.6 Å². The number of carbonyl (C=O) groups excluding carboxylic acids is 2. The van der Waals surface area contributed by atoms with Crippen LogP contribution in [0.5, 0.6) is 0 Å². The van der Waals surface area contributed by atoms with E-state index in [2.05, 4.69) is 15.6 Å². The summed E-state index contributed by atoms with van der Waals surface area (Å²) in [6, 6.07) is 15.4. The van der Waals surface area contributed by atoms with Crippen LogP contribution < -0.4 is 10.6 Å². The van der Waals surface area contributed by atoms with E-state index in [0.717, 1.165) is 0 Å². The molecule has 3 rings (SSSR count). The van der Waals surface area contributed by atoms with Gasteiger partial charge in [0, 0.05) is 11.8 Å². The Morgan fingerprint density at radius 3 is 2.27 bits per heavy atom. The molecule has 1 aromatic heterocycles. The topological polar surface area (TPSA) is 71.1 Å². The van der Waals surface area contributed by atoms with Gasteiger partial charge in [0.25, 0.3) is 11.8 Å². The Kier molecular flexibility index (Phi) is 5.24. The zero-order valence-electron chi connectivity index (χ0n) is 13.4. The number of nitrogens with one attached hydrogen (secondary N) is 2. The largest absolute Gasteiger partial charge is 0.321 e. The average Bonchev–Trinajstić information content (AvgIpc) is 2.65. The zero-order valence-corrected chi connectivity index (χ0v) is 14.1. The van der Waals surface area contributed by atoms with Crippen molar-refractivity contribution in [3.63, 3.8) is 0 Å². The fourth-order valence-corrected chi connectivity index (χ4v) is 2.38. The molecule has 0 saturated heterocycles. The fraction of sp³-hybridized carbons (Fsp3) is 0. The van der Waals surface area contributed by atoms with E-state index in [4.69, 9.17) is 11.6 Å². The van der Waals surface area contributed by atoms with Crippen LogP contribution in [0.3, 0.4) is 0 Å². The van der Waals surface area contributed by atoms with Gasteiger partial charge in [-0.25, -0.2) is 4.39 Å². The second kappa shape index (κ2) is 7.76. The maximum atomic E-state index is 13.6. The smallest absolute Gasteiger partial charge is 0.274 e. The van der Waals surface area contributed by atoms with Crippen molar-refractivity contribution in [1.82, 2.24) is 4.98 Å². The van der Waals surface area contributed by atoms with Gasteiger partial charge >= 0.3 is 0 Å². The van der Waals surface area contributed by atoms with E-state index in [0.29, 0.717) is 10.7 Å². The van der Waals surface area contributed by atoms with Gasteiger partial charge in [0.05, 0.1) is 16.4 Å². The van der Waals surface area contributed by atoms with Crippen molar-refractivity contribution >= 4 is 34.8 Å². The molecule has 0 unspecified atom stereocenters. The molecule has 130 valence electrons. The molecule has 0 spiro atoms. The molecule has 0 aliphatic rings. The number of rotatable bonds is 4. The zero-order chi connectivity index (χ0) is 18.5. The van der Waals surface area contributed by atoms with E-state index >= 15 is 0 Å². The molecule has 0 atom stereocenters. The van der Waals surface area contributed by atoms with Crippen LogP contribution in [0.15, 0.2) is 66.9 Å². The van der Waals surface area contributed by atoms with Crippen molar-refractivity contribution in [3.05, 3.63) is 89.0 Å². The van der Waals surface area contributed by atoms with Crippen LogP contribution in [0, 0.1) is 5.82 Å². The number of para-hydroxylation sites is 2. The van der Waals surface area contributed by atoms with Gasteiger partial charge in [-0.3, -0.25) is 14.6 Å². The van der Waals surface area contributed by atoms with E-state index in [1.807, 2.05) is 0 Å². The summed E-state index contributed by atoms with van der Waals surface area (Å²) in [4.78, 5) is 28.6. The van der Waals surface area contributed by atoms with Crippen LogP contribution in [0.25, 0.3) is 0 Å². The number of hydrogen-bond acceptors (Lipinski definition) is 3. The lowest BCUT2D eigenvalue weighted by atomic mass is 10.2. The van der Waals surface area contributed by atoms with E-state index in [-0.39, 0.29) is 16.9 Å². The van der Waals surface area contributed by atoms with Crippen LogP contribution in [-0.2, 0) is 0 Å². The van der Waals surface area contributed by atoms with E-state index in [9.17, 15) is 14.0 Å². The van der Waals surface area contributed by atoms with Gasteiger partial charge < -0.3 is 10.6 Å². The minimum Gasteiger partial charge on any atom is -0.321 e. The van der Waals surface area contributed by atoms with Gasteiger partial charge in [-0.05, 0) is 36.4 Å². The van der Waals surface area contributed by atoms with Crippen LogP contribution in [0.1, 0.15) is 20.8 Å². The highest BCUT2D eigenvalue weighted by atomic mass is 35.5. The predicted molar refractivity (Wildman–Crippen MR) is 98.0 cm³/mol. The monoisotopic (exact) mass is 369 g/mol. The molecule has 0 bridgehead atoms. The van der Waals surface area contributed by atoms with Crippen LogP contribution in [-0.4, -0.2) is 16.8 Å². The molecule has 26 heavy (non-hydrogen) atoms.